The minimum absolute atomic E-state index is 0.240. The van der Waals surface area contributed by atoms with Crippen LogP contribution >= 0.6 is 15.9 Å². The Morgan fingerprint density at radius 2 is 2.21 bits per heavy atom. The zero-order valence-corrected chi connectivity index (χ0v) is 12.2. The largest absolute Gasteiger partial charge is 0.305 e. The van der Waals surface area contributed by atoms with Gasteiger partial charge in [-0.05, 0) is 37.2 Å². The molecule has 19 heavy (non-hydrogen) atoms. The zero-order valence-electron chi connectivity index (χ0n) is 10.6. The van der Waals surface area contributed by atoms with Crippen molar-refractivity contribution in [3.05, 3.63) is 58.3 Å². The molecule has 0 saturated carbocycles. The van der Waals surface area contributed by atoms with Gasteiger partial charge in [-0.15, -0.1) is 0 Å². The van der Waals surface area contributed by atoms with Gasteiger partial charge in [-0.1, -0.05) is 22.9 Å². The van der Waals surface area contributed by atoms with Crippen LogP contribution in [-0.2, 0) is 0 Å². The number of nitrogens with one attached hydrogen (secondary N) is 1. The predicted octanol–water partition coefficient (Wildman–Crippen LogP) is 3.47. The summed E-state index contributed by atoms with van der Waals surface area (Å²) in [6, 6.07) is 6.47. The topological polar surface area (TPSA) is 37.8 Å². The van der Waals surface area contributed by atoms with E-state index in [0.717, 1.165) is 23.1 Å². The third-order valence-electron chi connectivity index (χ3n) is 2.77. The van der Waals surface area contributed by atoms with E-state index in [2.05, 4.69) is 38.1 Å². The lowest BCUT2D eigenvalue weighted by molar-refractivity contribution is 0.538. The van der Waals surface area contributed by atoms with E-state index in [1.807, 2.05) is 0 Å². The SMILES string of the molecule is CCCNC(c1ccncn1)c1cc(Br)ccc1F. The van der Waals surface area contributed by atoms with Crippen LogP contribution < -0.4 is 5.32 Å². The summed E-state index contributed by atoms with van der Waals surface area (Å²) in [6.07, 6.45) is 4.11. The first-order chi connectivity index (χ1) is 9.22. The van der Waals surface area contributed by atoms with Gasteiger partial charge in [0, 0.05) is 16.2 Å². The van der Waals surface area contributed by atoms with E-state index < -0.39 is 0 Å². The first kappa shape index (κ1) is 14.1. The first-order valence-electron chi connectivity index (χ1n) is 6.16. The summed E-state index contributed by atoms with van der Waals surface area (Å²) in [5.41, 5.74) is 1.35. The highest BCUT2D eigenvalue weighted by Crippen LogP contribution is 2.25. The minimum Gasteiger partial charge on any atom is -0.305 e. The molecule has 3 nitrogen and oxygen atoms in total. The Labute approximate surface area is 120 Å². The molecule has 0 aliphatic rings. The fraction of sp³-hybridized carbons (Fsp3) is 0.286. The Morgan fingerprint density at radius 3 is 2.89 bits per heavy atom. The summed E-state index contributed by atoms with van der Waals surface area (Å²) in [5, 5.41) is 3.32. The molecule has 1 aromatic heterocycles. The van der Waals surface area contributed by atoms with E-state index in [1.54, 1.807) is 24.4 Å². The summed E-state index contributed by atoms with van der Waals surface area (Å²) in [7, 11) is 0. The number of hydrogen-bond donors (Lipinski definition) is 1. The van der Waals surface area contributed by atoms with Gasteiger partial charge in [0.25, 0.3) is 0 Å². The van der Waals surface area contributed by atoms with E-state index in [4.69, 9.17) is 0 Å². The average molecular weight is 324 g/mol. The summed E-state index contributed by atoms with van der Waals surface area (Å²) >= 11 is 3.38. The van der Waals surface area contributed by atoms with Gasteiger partial charge in [0.1, 0.15) is 12.1 Å². The second-order valence-electron chi connectivity index (χ2n) is 4.19. The van der Waals surface area contributed by atoms with Crippen LogP contribution in [0.3, 0.4) is 0 Å². The third kappa shape index (κ3) is 3.58. The number of benzene rings is 1. The van der Waals surface area contributed by atoms with Gasteiger partial charge in [0.15, 0.2) is 0 Å². The Morgan fingerprint density at radius 1 is 1.37 bits per heavy atom. The van der Waals surface area contributed by atoms with Gasteiger partial charge in [-0.2, -0.15) is 0 Å². The molecule has 1 unspecified atom stereocenters. The van der Waals surface area contributed by atoms with E-state index in [0.29, 0.717) is 5.56 Å². The van der Waals surface area contributed by atoms with Crippen LogP contribution in [0.15, 0.2) is 41.3 Å². The molecule has 100 valence electrons. The molecule has 0 saturated heterocycles. The van der Waals surface area contributed by atoms with Gasteiger partial charge in [0.05, 0.1) is 11.7 Å². The Hall–Kier alpha value is -1.33. The fourth-order valence-corrected chi connectivity index (χ4v) is 2.25. The molecule has 0 fully saturated rings. The Balaban J connectivity index is 2.40. The molecular formula is C14H15BrFN3. The molecule has 5 heteroatoms. The maximum atomic E-state index is 14.0. The van der Waals surface area contributed by atoms with E-state index >= 15 is 0 Å². The van der Waals surface area contributed by atoms with Gasteiger partial charge in [-0.3, -0.25) is 0 Å². The van der Waals surface area contributed by atoms with Crippen LogP contribution in [0.25, 0.3) is 0 Å². The minimum atomic E-state index is -0.263. The molecular weight excluding hydrogens is 309 g/mol. The summed E-state index contributed by atoms with van der Waals surface area (Å²) in [5.74, 6) is -0.240. The zero-order chi connectivity index (χ0) is 13.7. The molecule has 1 heterocycles. The van der Waals surface area contributed by atoms with Gasteiger partial charge >= 0.3 is 0 Å². The molecule has 0 aliphatic heterocycles. The lowest BCUT2D eigenvalue weighted by Gasteiger charge is -2.19. The van der Waals surface area contributed by atoms with Crippen LogP contribution in [0.2, 0.25) is 0 Å². The predicted molar refractivity (Wildman–Crippen MR) is 76.3 cm³/mol. The second kappa shape index (κ2) is 6.73. The van der Waals surface area contributed by atoms with Crippen molar-refractivity contribution >= 4 is 15.9 Å². The van der Waals surface area contributed by atoms with Crippen LogP contribution in [0, 0.1) is 5.82 Å². The van der Waals surface area contributed by atoms with Gasteiger partial charge in [0.2, 0.25) is 0 Å². The normalized spacial score (nSPS) is 12.4. The second-order valence-corrected chi connectivity index (χ2v) is 5.10. The molecule has 1 aromatic carbocycles. The number of aromatic nitrogens is 2. The number of hydrogen-bond acceptors (Lipinski definition) is 3. The molecule has 2 rings (SSSR count). The molecule has 0 spiro atoms. The molecule has 2 aromatic rings. The van der Waals surface area contributed by atoms with Crippen molar-refractivity contribution in [1.82, 2.24) is 15.3 Å². The summed E-state index contributed by atoms with van der Waals surface area (Å²) < 4.78 is 14.9. The van der Waals surface area contributed by atoms with E-state index in [-0.39, 0.29) is 11.9 Å². The van der Waals surface area contributed by atoms with Crippen LogP contribution in [0.4, 0.5) is 4.39 Å². The number of rotatable bonds is 5. The highest BCUT2D eigenvalue weighted by atomic mass is 79.9. The molecule has 0 bridgehead atoms. The van der Waals surface area contributed by atoms with Crippen molar-refractivity contribution in [2.75, 3.05) is 6.54 Å². The van der Waals surface area contributed by atoms with Crippen molar-refractivity contribution in [2.45, 2.75) is 19.4 Å². The van der Waals surface area contributed by atoms with Crippen molar-refractivity contribution in [1.29, 1.82) is 0 Å². The van der Waals surface area contributed by atoms with Gasteiger partial charge < -0.3 is 5.32 Å². The molecule has 0 radical (unpaired) electrons. The quantitative estimate of drug-likeness (QED) is 0.915. The molecule has 0 amide bonds. The maximum Gasteiger partial charge on any atom is 0.128 e. The highest BCUT2D eigenvalue weighted by molar-refractivity contribution is 9.10. The van der Waals surface area contributed by atoms with Crippen LogP contribution in [0.5, 0.6) is 0 Å². The van der Waals surface area contributed by atoms with E-state index in [1.165, 1.54) is 12.4 Å². The maximum absolute atomic E-state index is 14.0. The number of nitrogens with zero attached hydrogens (tertiary/aromatic N) is 2. The fourth-order valence-electron chi connectivity index (χ4n) is 1.87. The summed E-state index contributed by atoms with van der Waals surface area (Å²) in [4.78, 5) is 8.12. The van der Waals surface area contributed by atoms with Crippen LogP contribution in [0.1, 0.15) is 30.6 Å². The number of halogens is 2. The lowest BCUT2D eigenvalue weighted by atomic mass is 10.0. The third-order valence-corrected chi connectivity index (χ3v) is 3.26. The van der Waals surface area contributed by atoms with E-state index in [9.17, 15) is 4.39 Å². The van der Waals surface area contributed by atoms with Crippen LogP contribution in [-0.4, -0.2) is 16.5 Å². The average Bonchev–Trinajstić information content (AvgIpc) is 2.44. The molecule has 1 atom stereocenters. The van der Waals surface area contributed by atoms with Gasteiger partial charge in [-0.25, -0.2) is 14.4 Å². The smallest absolute Gasteiger partial charge is 0.128 e. The van der Waals surface area contributed by atoms with Crippen molar-refractivity contribution in [3.63, 3.8) is 0 Å². The monoisotopic (exact) mass is 323 g/mol. The van der Waals surface area contributed by atoms with Crippen molar-refractivity contribution in [2.24, 2.45) is 0 Å². The first-order valence-corrected chi connectivity index (χ1v) is 6.96. The Kier molecular flexibility index (Phi) is 4.99. The standard InChI is InChI=1S/C14H15BrFN3/c1-2-6-18-14(13-5-7-17-9-19-13)11-8-10(15)3-4-12(11)16/h3-5,7-9,14,18H,2,6H2,1H3. The van der Waals surface area contributed by atoms with Crippen molar-refractivity contribution in [3.8, 4) is 0 Å². The van der Waals surface area contributed by atoms with Crippen molar-refractivity contribution < 1.29 is 4.39 Å². The summed E-state index contributed by atoms with van der Waals surface area (Å²) in [6.45, 7) is 2.86. The highest BCUT2D eigenvalue weighted by Gasteiger charge is 2.18. The Bertz CT molecular complexity index is 533. The lowest BCUT2D eigenvalue weighted by Crippen LogP contribution is -2.25. The molecule has 0 aliphatic carbocycles. The molecule has 1 N–H and O–H groups in total.